The van der Waals surface area contributed by atoms with Crippen molar-refractivity contribution in [2.45, 2.75) is 30.8 Å². The number of sulfonamides is 1. The van der Waals surface area contributed by atoms with E-state index in [0.717, 1.165) is 18.2 Å². The Morgan fingerprint density at radius 1 is 1.22 bits per heavy atom. The van der Waals surface area contributed by atoms with Gasteiger partial charge in [0.05, 0.1) is 21.8 Å². The fourth-order valence-electron chi connectivity index (χ4n) is 2.73. The largest absolute Gasteiger partial charge is 0.487 e. The minimum Gasteiger partial charge on any atom is -0.487 e. The van der Waals surface area contributed by atoms with Gasteiger partial charge >= 0.3 is 0 Å². The number of hydrogen-bond donors (Lipinski definition) is 1. The minimum absolute atomic E-state index is 0.142. The lowest BCUT2D eigenvalue weighted by Gasteiger charge is -2.31. The number of benzene rings is 2. The summed E-state index contributed by atoms with van der Waals surface area (Å²) in [6.45, 7) is 3.58. The molecule has 2 aromatic rings. The molecule has 1 aliphatic rings. The van der Waals surface area contributed by atoms with Gasteiger partial charge in [0.15, 0.2) is 5.78 Å². The summed E-state index contributed by atoms with van der Waals surface area (Å²) in [6, 6.07) is 7.52. The average Bonchev–Trinajstić information content (AvgIpc) is 2.54. The minimum atomic E-state index is -4.12. The van der Waals surface area contributed by atoms with Crippen LogP contribution in [0.3, 0.4) is 0 Å². The third-order valence-electron chi connectivity index (χ3n) is 3.93. The van der Waals surface area contributed by atoms with Gasteiger partial charge in [0.25, 0.3) is 15.7 Å². The molecular formula is C17H15ClN2O6S. The van der Waals surface area contributed by atoms with Gasteiger partial charge in [-0.3, -0.25) is 19.6 Å². The summed E-state index contributed by atoms with van der Waals surface area (Å²) in [5.74, 6) is 0.214. The summed E-state index contributed by atoms with van der Waals surface area (Å²) in [5.41, 5.74) is -0.733. The molecule has 2 aromatic carbocycles. The fraction of sp³-hybridized carbons (Fsp3) is 0.235. The summed E-state index contributed by atoms with van der Waals surface area (Å²) < 4.78 is 33.1. The van der Waals surface area contributed by atoms with Crippen molar-refractivity contribution in [3.63, 3.8) is 0 Å². The van der Waals surface area contributed by atoms with Gasteiger partial charge in [0.1, 0.15) is 16.4 Å². The molecular weight excluding hydrogens is 396 g/mol. The molecule has 0 spiro atoms. The average molecular weight is 411 g/mol. The van der Waals surface area contributed by atoms with E-state index in [4.69, 9.17) is 16.3 Å². The van der Waals surface area contributed by atoms with Crippen LogP contribution in [0.1, 0.15) is 30.6 Å². The van der Waals surface area contributed by atoms with Crippen LogP contribution >= 0.6 is 11.6 Å². The van der Waals surface area contributed by atoms with Crippen LogP contribution in [-0.4, -0.2) is 24.7 Å². The van der Waals surface area contributed by atoms with Gasteiger partial charge in [0.2, 0.25) is 0 Å². The van der Waals surface area contributed by atoms with Crippen molar-refractivity contribution >= 4 is 38.8 Å². The molecule has 0 saturated heterocycles. The topological polar surface area (TPSA) is 116 Å². The number of nitrogens with zero attached hydrogens (tertiary/aromatic N) is 1. The first-order valence-electron chi connectivity index (χ1n) is 7.81. The van der Waals surface area contributed by atoms with Gasteiger partial charge in [0, 0.05) is 11.8 Å². The Morgan fingerprint density at radius 2 is 1.93 bits per heavy atom. The van der Waals surface area contributed by atoms with Gasteiger partial charge in [-0.15, -0.1) is 0 Å². The molecule has 1 aliphatic heterocycles. The van der Waals surface area contributed by atoms with Crippen molar-refractivity contribution in [1.29, 1.82) is 0 Å². The first kappa shape index (κ1) is 19.1. The van der Waals surface area contributed by atoms with Crippen molar-refractivity contribution in [1.82, 2.24) is 0 Å². The molecule has 0 radical (unpaired) electrons. The number of Topliss-reactive ketones (excluding diaryl/α,β-unsaturated/α-hetero) is 1. The summed E-state index contributed by atoms with van der Waals surface area (Å²) in [6.07, 6.45) is 0.166. The Morgan fingerprint density at radius 3 is 2.59 bits per heavy atom. The number of halogens is 1. The fourth-order valence-corrected chi connectivity index (χ4v) is 3.99. The lowest BCUT2D eigenvalue weighted by Crippen LogP contribution is -2.35. The van der Waals surface area contributed by atoms with Crippen LogP contribution in [0.25, 0.3) is 0 Å². The van der Waals surface area contributed by atoms with Gasteiger partial charge in [-0.2, -0.15) is 0 Å². The number of fused-ring (bicyclic) bond motifs is 1. The number of nitrogens with one attached hydrogen (secondary N) is 1. The predicted octanol–water partition coefficient (Wildman–Crippen LogP) is 3.79. The number of rotatable bonds is 4. The second-order valence-electron chi connectivity index (χ2n) is 6.65. The molecule has 0 fully saturated rings. The highest BCUT2D eigenvalue weighted by atomic mass is 35.5. The van der Waals surface area contributed by atoms with Crippen LogP contribution in [0.4, 0.5) is 11.4 Å². The van der Waals surface area contributed by atoms with Crippen molar-refractivity contribution < 1.29 is 22.9 Å². The molecule has 10 heteroatoms. The molecule has 0 amide bonds. The molecule has 0 atom stereocenters. The predicted molar refractivity (Wildman–Crippen MR) is 99.0 cm³/mol. The summed E-state index contributed by atoms with van der Waals surface area (Å²) in [7, 11) is -4.12. The highest BCUT2D eigenvalue weighted by Gasteiger charge is 2.32. The zero-order valence-electron chi connectivity index (χ0n) is 14.4. The van der Waals surface area contributed by atoms with E-state index in [2.05, 4.69) is 4.72 Å². The highest BCUT2D eigenvalue weighted by molar-refractivity contribution is 7.92. The third kappa shape index (κ3) is 3.88. The molecule has 8 nitrogen and oxygen atoms in total. The SMILES string of the molecule is CC1(C)CC(=O)c2cc(NS(=O)(=O)c3ccc(Cl)c([N+](=O)[O-])c3)ccc2O1. The molecule has 0 bridgehead atoms. The van der Waals surface area contributed by atoms with E-state index in [1.807, 2.05) is 0 Å². The molecule has 0 aliphatic carbocycles. The zero-order valence-corrected chi connectivity index (χ0v) is 15.9. The Labute approximate surface area is 160 Å². The molecule has 0 unspecified atom stereocenters. The van der Waals surface area contributed by atoms with E-state index < -0.39 is 26.2 Å². The lowest BCUT2D eigenvalue weighted by molar-refractivity contribution is -0.384. The number of nitro groups is 1. The maximum absolute atomic E-state index is 12.5. The van der Waals surface area contributed by atoms with E-state index >= 15 is 0 Å². The van der Waals surface area contributed by atoms with Crippen molar-refractivity contribution in [2.24, 2.45) is 0 Å². The van der Waals surface area contributed by atoms with E-state index in [1.54, 1.807) is 13.8 Å². The smallest absolute Gasteiger partial charge is 0.289 e. The van der Waals surface area contributed by atoms with Gasteiger partial charge in [-0.25, -0.2) is 8.42 Å². The van der Waals surface area contributed by atoms with Crippen LogP contribution in [0.5, 0.6) is 5.75 Å². The number of carbonyl (C=O) groups is 1. The maximum atomic E-state index is 12.5. The molecule has 0 aromatic heterocycles. The second kappa shape index (κ2) is 6.50. The number of hydrogen-bond acceptors (Lipinski definition) is 6. The Hall–Kier alpha value is -2.65. The van der Waals surface area contributed by atoms with Crippen molar-refractivity contribution in [3.8, 4) is 5.75 Å². The lowest BCUT2D eigenvalue weighted by atomic mass is 9.93. The van der Waals surface area contributed by atoms with Gasteiger partial charge in [-0.1, -0.05) is 11.6 Å². The number of ether oxygens (including phenoxy) is 1. The van der Waals surface area contributed by atoms with Gasteiger partial charge < -0.3 is 4.74 Å². The number of ketones is 1. The standard InChI is InChI=1S/C17H15ClN2O6S/c1-17(2)9-15(21)12-7-10(3-6-16(12)26-17)19-27(24,25)11-4-5-13(18)14(8-11)20(22)23/h3-8,19H,9H2,1-2H3. The Balaban J connectivity index is 1.94. The maximum Gasteiger partial charge on any atom is 0.289 e. The first-order chi connectivity index (χ1) is 12.5. The number of anilines is 1. The molecule has 1 N–H and O–H groups in total. The Kier molecular flexibility index (Phi) is 4.61. The first-order valence-corrected chi connectivity index (χ1v) is 9.68. The molecule has 142 valence electrons. The normalized spacial score (nSPS) is 15.6. The summed E-state index contributed by atoms with van der Waals surface area (Å²) in [5, 5.41) is 10.8. The van der Waals surface area contributed by atoms with Gasteiger partial charge in [-0.05, 0) is 44.2 Å². The van der Waals surface area contributed by atoms with E-state index in [0.29, 0.717) is 5.75 Å². The van der Waals surface area contributed by atoms with E-state index in [-0.39, 0.29) is 33.4 Å². The second-order valence-corrected chi connectivity index (χ2v) is 8.74. The van der Waals surface area contributed by atoms with Crippen molar-refractivity contribution in [2.75, 3.05) is 4.72 Å². The summed E-state index contributed by atoms with van der Waals surface area (Å²) in [4.78, 5) is 22.2. The molecule has 27 heavy (non-hydrogen) atoms. The van der Waals surface area contributed by atoms with Crippen LogP contribution in [0.2, 0.25) is 5.02 Å². The Bertz CT molecular complexity index is 1070. The number of carbonyl (C=O) groups excluding carboxylic acids is 1. The van der Waals surface area contributed by atoms with E-state index in [1.165, 1.54) is 18.2 Å². The van der Waals surface area contributed by atoms with Crippen molar-refractivity contribution in [3.05, 3.63) is 57.1 Å². The molecule has 1 heterocycles. The third-order valence-corrected chi connectivity index (χ3v) is 5.63. The molecule has 3 rings (SSSR count). The monoisotopic (exact) mass is 410 g/mol. The van der Waals surface area contributed by atoms with Crippen LogP contribution in [0.15, 0.2) is 41.3 Å². The van der Waals surface area contributed by atoms with E-state index in [9.17, 15) is 23.3 Å². The zero-order chi connectivity index (χ0) is 20.0. The van der Waals surface area contributed by atoms with Crippen LogP contribution in [-0.2, 0) is 10.0 Å². The summed E-state index contributed by atoms with van der Waals surface area (Å²) >= 11 is 5.71. The molecule has 0 saturated carbocycles. The quantitative estimate of drug-likeness (QED) is 0.605. The van der Waals surface area contributed by atoms with Crippen LogP contribution < -0.4 is 9.46 Å². The van der Waals surface area contributed by atoms with Crippen LogP contribution in [0, 0.1) is 10.1 Å². The number of nitro benzene ring substituents is 1. The highest BCUT2D eigenvalue weighted by Crippen LogP contribution is 2.35.